The van der Waals surface area contributed by atoms with E-state index in [2.05, 4.69) is 87.4 Å². The van der Waals surface area contributed by atoms with Crippen molar-refractivity contribution in [2.45, 2.75) is 39.8 Å². The predicted octanol–water partition coefficient (Wildman–Crippen LogP) is 5.89. The Morgan fingerprint density at radius 2 is 1.72 bits per heavy atom. The second kappa shape index (κ2) is 12.3. The molecule has 11 heteroatoms. The van der Waals surface area contributed by atoms with E-state index in [0.29, 0.717) is 16.5 Å². The molecule has 1 aliphatic rings. The third-order valence-corrected chi connectivity index (χ3v) is 8.79. The lowest BCUT2D eigenvalue weighted by Crippen LogP contribution is -2.29. The van der Waals surface area contributed by atoms with Crippen LogP contribution in [-0.4, -0.2) is 49.5 Å². The number of benzene rings is 2. The van der Waals surface area contributed by atoms with Crippen molar-refractivity contribution in [1.82, 2.24) is 14.9 Å². The number of rotatable bonds is 10. The van der Waals surface area contributed by atoms with Gasteiger partial charge in [-0.05, 0) is 100 Å². The largest absolute Gasteiger partial charge is 0.494 e. The standard InChI is InChI=1S/C32H38N6O3S2/c1-7-36(8-2)23-12-14-24(15-13-23)37-21(3)19-26(22(37)4)31-30(28-11-9-10-18-33-28)34-32(42)38(31)25-16-17-27(29(20-25)41-5)35-43(6,39)40/h9-20,30-31,35H,7-8H2,1-6H3,(H,34,42)/t30-,31+/m1/s1. The van der Waals surface area contributed by atoms with E-state index in [9.17, 15) is 8.42 Å². The SMILES string of the molecule is CCN(CC)c1ccc(-n2c(C)cc([C@H]3[C@@H](c4ccccn4)NC(=S)N3c3ccc(NS(C)(=O)=O)c(OC)c3)c2C)cc1. The van der Waals surface area contributed by atoms with Crippen molar-refractivity contribution in [2.24, 2.45) is 0 Å². The van der Waals surface area contributed by atoms with Crippen LogP contribution in [0.2, 0.25) is 0 Å². The summed E-state index contributed by atoms with van der Waals surface area (Å²) in [7, 11) is -1.98. The molecule has 1 fully saturated rings. The van der Waals surface area contributed by atoms with Crippen LogP contribution in [0.15, 0.2) is 72.9 Å². The van der Waals surface area contributed by atoms with Crippen LogP contribution in [-0.2, 0) is 10.0 Å². The second-order valence-electron chi connectivity index (χ2n) is 10.6. The van der Waals surface area contributed by atoms with Gasteiger partial charge in [-0.3, -0.25) is 9.71 Å². The van der Waals surface area contributed by atoms with Gasteiger partial charge in [0.1, 0.15) is 5.75 Å². The molecule has 1 saturated heterocycles. The number of aromatic nitrogens is 2. The fraction of sp³-hybridized carbons (Fsp3) is 0.312. The maximum Gasteiger partial charge on any atom is 0.229 e. The number of anilines is 3. The molecule has 0 aliphatic carbocycles. The quantitative estimate of drug-likeness (QED) is 0.213. The monoisotopic (exact) mass is 618 g/mol. The summed E-state index contributed by atoms with van der Waals surface area (Å²) in [5.74, 6) is 0.393. The minimum Gasteiger partial charge on any atom is -0.494 e. The fourth-order valence-corrected chi connectivity index (χ4v) is 6.86. The molecule has 0 spiro atoms. The van der Waals surface area contributed by atoms with Gasteiger partial charge < -0.3 is 24.4 Å². The molecule has 5 rings (SSSR count). The molecule has 4 aromatic rings. The number of pyridine rings is 1. The zero-order valence-electron chi connectivity index (χ0n) is 25.3. The lowest BCUT2D eigenvalue weighted by atomic mass is 9.96. The van der Waals surface area contributed by atoms with Crippen LogP contribution < -0.4 is 24.6 Å². The lowest BCUT2D eigenvalue weighted by Gasteiger charge is -2.29. The van der Waals surface area contributed by atoms with Crippen LogP contribution in [0.1, 0.15) is 48.6 Å². The number of nitrogens with one attached hydrogen (secondary N) is 2. The summed E-state index contributed by atoms with van der Waals surface area (Å²) in [6, 6.07) is 21.7. The van der Waals surface area contributed by atoms with E-state index in [1.165, 1.54) is 12.8 Å². The molecule has 0 amide bonds. The Morgan fingerprint density at radius 3 is 2.33 bits per heavy atom. The Hall–Kier alpha value is -4.09. The van der Waals surface area contributed by atoms with E-state index in [1.54, 1.807) is 18.3 Å². The molecule has 43 heavy (non-hydrogen) atoms. The van der Waals surface area contributed by atoms with Crippen molar-refractivity contribution in [3.05, 3.63) is 95.6 Å². The molecule has 2 aromatic carbocycles. The highest BCUT2D eigenvalue weighted by molar-refractivity contribution is 7.92. The number of hydrogen-bond donors (Lipinski definition) is 2. The topological polar surface area (TPSA) is 91.7 Å². The van der Waals surface area contributed by atoms with E-state index in [1.807, 2.05) is 24.3 Å². The summed E-state index contributed by atoms with van der Waals surface area (Å²) in [6.07, 6.45) is 2.90. The summed E-state index contributed by atoms with van der Waals surface area (Å²) in [5.41, 5.74) is 7.58. The molecule has 0 radical (unpaired) electrons. The van der Waals surface area contributed by atoms with Crippen LogP contribution >= 0.6 is 12.2 Å². The Bertz CT molecular complexity index is 1720. The van der Waals surface area contributed by atoms with E-state index in [-0.39, 0.29) is 12.1 Å². The summed E-state index contributed by atoms with van der Waals surface area (Å²) in [6.45, 7) is 10.5. The summed E-state index contributed by atoms with van der Waals surface area (Å²) in [5, 5.41) is 4.06. The number of nitrogens with zero attached hydrogens (tertiary/aromatic N) is 4. The zero-order chi connectivity index (χ0) is 30.9. The van der Waals surface area contributed by atoms with Crippen LogP contribution in [0.3, 0.4) is 0 Å². The molecule has 1 aliphatic heterocycles. The molecule has 0 unspecified atom stereocenters. The Labute approximate surface area is 259 Å². The van der Waals surface area contributed by atoms with E-state index >= 15 is 0 Å². The van der Waals surface area contributed by atoms with Gasteiger partial charge in [0, 0.05) is 53.8 Å². The number of sulfonamides is 1. The molecule has 9 nitrogen and oxygen atoms in total. The van der Waals surface area contributed by atoms with Gasteiger partial charge in [0.15, 0.2) is 5.11 Å². The van der Waals surface area contributed by atoms with E-state index < -0.39 is 10.0 Å². The first-order valence-corrected chi connectivity index (χ1v) is 16.6. The van der Waals surface area contributed by atoms with Gasteiger partial charge in [0.25, 0.3) is 0 Å². The molecule has 0 bridgehead atoms. The molecule has 2 N–H and O–H groups in total. The van der Waals surface area contributed by atoms with Crippen molar-refractivity contribution < 1.29 is 13.2 Å². The fourth-order valence-electron chi connectivity index (χ4n) is 5.95. The molecule has 2 aromatic heterocycles. The van der Waals surface area contributed by atoms with Gasteiger partial charge in [0.05, 0.1) is 36.8 Å². The van der Waals surface area contributed by atoms with Crippen LogP contribution in [0.4, 0.5) is 17.1 Å². The number of thiocarbonyl (C=S) groups is 1. The van der Waals surface area contributed by atoms with Crippen molar-refractivity contribution in [1.29, 1.82) is 0 Å². The van der Waals surface area contributed by atoms with Crippen molar-refractivity contribution in [3.63, 3.8) is 0 Å². The Kier molecular flexibility index (Phi) is 8.66. The van der Waals surface area contributed by atoms with E-state index in [0.717, 1.165) is 53.4 Å². The van der Waals surface area contributed by atoms with Gasteiger partial charge in [-0.15, -0.1) is 0 Å². The average molecular weight is 619 g/mol. The van der Waals surface area contributed by atoms with Crippen molar-refractivity contribution in [3.8, 4) is 11.4 Å². The number of methoxy groups -OCH3 is 1. The summed E-state index contributed by atoms with van der Waals surface area (Å²) >= 11 is 5.94. The van der Waals surface area contributed by atoms with Crippen LogP contribution in [0.5, 0.6) is 5.75 Å². The second-order valence-corrected chi connectivity index (χ2v) is 12.7. The van der Waals surface area contributed by atoms with Gasteiger partial charge in [-0.2, -0.15) is 0 Å². The van der Waals surface area contributed by atoms with Gasteiger partial charge >= 0.3 is 0 Å². The number of aryl methyl sites for hydroxylation is 1. The highest BCUT2D eigenvalue weighted by atomic mass is 32.2. The smallest absolute Gasteiger partial charge is 0.229 e. The molecular formula is C32H38N6O3S2. The minimum absolute atomic E-state index is 0.229. The first-order chi connectivity index (χ1) is 20.6. The Balaban J connectivity index is 1.62. The normalized spacial score (nSPS) is 16.7. The molecule has 0 saturated carbocycles. The molecule has 2 atom stereocenters. The average Bonchev–Trinajstić information content (AvgIpc) is 3.48. The van der Waals surface area contributed by atoms with Crippen molar-refractivity contribution >= 4 is 44.4 Å². The first kappa shape index (κ1) is 30.4. The Morgan fingerprint density at radius 1 is 1.02 bits per heavy atom. The first-order valence-electron chi connectivity index (χ1n) is 14.3. The molecule has 226 valence electrons. The highest BCUT2D eigenvalue weighted by Gasteiger charge is 2.42. The number of hydrogen-bond acceptors (Lipinski definition) is 6. The number of ether oxygens (including phenoxy) is 1. The van der Waals surface area contributed by atoms with Gasteiger partial charge in [0.2, 0.25) is 10.0 Å². The minimum atomic E-state index is -3.49. The maximum atomic E-state index is 12.0. The third kappa shape index (κ3) is 6.05. The third-order valence-electron chi connectivity index (χ3n) is 7.88. The predicted molar refractivity (Wildman–Crippen MR) is 178 cm³/mol. The molecular weight excluding hydrogens is 581 g/mol. The van der Waals surface area contributed by atoms with Crippen molar-refractivity contribution in [2.75, 3.05) is 41.0 Å². The van der Waals surface area contributed by atoms with Gasteiger partial charge in [-0.1, -0.05) is 6.07 Å². The molecule has 3 heterocycles. The lowest BCUT2D eigenvalue weighted by molar-refractivity contribution is 0.417. The summed E-state index contributed by atoms with van der Waals surface area (Å²) in [4.78, 5) is 9.08. The summed E-state index contributed by atoms with van der Waals surface area (Å²) < 4.78 is 34.3. The van der Waals surface area contributed by atoms with Gasteiger partial charge in [-0.25, -0.2) is 8.42 Å². The zero-order valence-corrected chi connectivity index (χ0v) is 27.0. The van der Waals surface area contributed by atoms with Crippen LogP contribution in [0.25, 0.3) is 5.69 Å². The van der Waals surface area contributed by atoms with E-state index in [4.69, 9.17) is 17.0 Å². The van der Waals surface area contributed by atoms with Crippen LogP contribution in [0, 0.1) is 13.8 Å². The highest BCUT2D eigenvalue weighted by Crippen LogP contribution is 2.45. The maximum absolute atomic E-state index is 12.0.